The molecule has 3 saturated heterocycles. The van der Waals surface area contributed by atoms with Gasteiger partial charge in [0.15, 0.2) is 5.82 Å². The van der Waals surface area contributed by atoms with E-state index in [9.17, 15) is 24.0 Å². The molecular formula is C55H55N9O6. The molecule has 5 aliphatic heterocycles. The van der Waals surface area contributed by atoms with Crippen molar-refractivity contribution in [2.24, 2.45) is 16.7 Å². The number of benzene rings is 3. The van der Waals surface area contributed by atoms with Gasteiger partial charge in [-0.2, -0.15) is 0 Å². The van der Waals surface area contributed by atoms with Gasteiger partial charge in [-0.25, -0.2) is 9.97 Å². The SMILES string of the molecule is O=C1CCC(N2C(=O)c3ccc(N4CCN(CC5CCN(CC#Cc6ccc(OCC78CC(C(=O)N9CCc%10cnc(-c%11cnc%12ccccc%12c%11)nc%10C9)(C7)C8)cc6)CC5)CC4)cc3C2=O)C(=O)N1. The molecule has 2 aromatic heterocycles. The highest BCUT2D eigenvalue weighted by Crippen LogP contribution is 2.74. The van der Waals surface area contributed by atoms with Gasteiger partial charge in [0, 0.05) is 85.7 Å². The van der Waals surface area contributed by atoms with Crippen LogP contribution in [-0.4, -0.2) is 136 Å². The van der Waals surface area contributed by atoms with Crippen molar-refractivity contribution in [3.8, 4) is 29.0 Å². The molecule has 1 N–H and O–H groups in total. The first kappa shape index (κ1) is 44.2. The highest BCUT2D eigenvalue weighted by molar-refractivity contribution is 6.23. The van der Waals surface area contributed by atoms with Crippen molar-refractivity contribution in [1.29, 1.82) is 0 Å². The molecule has 1 atom stereocenters. The van der Waals surface area contributed by atoms with E-state index in [4.69, 9.17) is 9.72 Å². The summed E-state index contributed by atoms with van der Waals surface area (Å²) in [4.78, 5) is 89.0. The van der Waals surface area contributed by atoms with E-state index in [0.717, 1.165) is 141 Å². The highest BCUT2D eigenvalue weighted by atomic mass is 16.5. The topological polar surface area (TPSA) is 161 Å². The van der Waals surface area contributed by atoms with Crippen LogP contribution >= 0.6 is 0 Å². The van der Waals surface area contributed by atoms with Crippen LogP contribution < -0.4 is 15.0 Å². The fraction of sp³-hybridized carbons (Fsp3) is 0.418. The van der Waals surface area contributed by atoms with E-state index in [-0.39, 0.29) is 35.5 Å². The summed E-state index contributed by atoms with van der Waals surface area (Å²) in [7, 11) is 0. The molecular weight excluding hydrogens is 883 g/mol. The predicted octanol–water partition coefficient (Wildman–Crippen LogP) is 5.11. The molecule has 70 heavy (non-hydrogen) atoms. The second kappa shape index (κ2) is 17.7. The number of anilines is 1. The number of hydrogen-bond acceptors (Lipinski definition) is 12. The van der Waals surface area contributed by atoms with Crippen LogP contribution in [0.15, 0.2) is 85.2 Å². The van der Waals surface area contributed by atoms with Crippen molar-refractivity contribution in [2.45, 2.75) is 64.0 Å². The molecule has 0 spiro atoms. The lowest BCUT2D eigenvalue weighted by molar-refractivity contribution is -0.226. The molecule has 13 rings (SSSR count). The number of piperidine rings is 2. The number of hydrogen-bond donors (Lipinski definition) is 1. The third kappa shape index (κ3) is 8.26. The second-order valence-corrected chi connectivity index (χ2v) is 20.7. The molecule has 6 fully saturated rings. The number of para-hydroxylation sites is 1. The van der Waals surface area contributed by atoms with Crippen molar-refractivity contribution in [3.05, 3.63) is 113 Å². The van der Waals surface area contributed by atoms with Crippen molar-refractivity contribution >= 4 is 46.1 Å². The standard InChI is InChI=1S/C55H55N9O6/c65-48-14-13-47(50(66)59-48)64-51(67)43-12-9-41(27-44(43)52(64)68)62-24-22-61(23-25-62)30-37-15-19-60(20-16-37)18-3-4-36-7-10-42(11-8-36)70-35-54-32-55(33-54,34-54)53(69)63-21-17-39-28-57-49(58-46(39)31-63)40-26-38-5-1-2-6-45(38)56-29-40/h1-2,5-12,26-29,37,47H,13-25,30-35H2,(H,59,65,66). The van der Waals surface area contributed by atoms with Gasteiger partial charge in [0.25, 0.3) is 11.8 Å². The summed E-state index contributed by atoms with van der Waals surface area (Å²) in [6.07, 6.45) is 9.67. The molecule has 3 saturated carbocycles. The minimum absolute atomic E-state index is 0.0770. The van der Waals surface area contributed by atoms with E-state index in [1.807, 2.05) is 71.9 Å². The van der Waals surface area contributed by atoms with Gasteiger partial charge in [-0.3, -0.25) is 49.0 Å². The Kier molecular flexibility index (Phi) is 11.2. The van der Waals surface area contributed by atoms with E-state index < -0.39 is 23.8 Å². The Bertz CT molecular complexity index is 3000. The zero-order valence-electron chi connectivity index (χ0n) is 39.2. The molecule has 5 amide bonds. The molecule has 356 valence electrons. The summed E-state index contributed by atoms with van der Waals surface area (Å²) in [5.74, 6) is 7.18. The van der Waals surface area contributed by atoms with Crippen molar-refractivity contribution < 1.29 is 28.7 Å². The van der Waals surface area contributed by atoms with E-state index in [1.165, 1.54) is 0 Å². The maximum atomic E-state index is 13.9. The molecule has 15 nitrogen and oxygen atoms in total. The number of carbonyl (C=O) groups excluding carboxylic acids is 5. The van der Waals surface area contributed by atoms with Gasteiger partial charge < -0.3 is 14.5 Å². The Balaban J connectivity index is 0.553. The number of likely N-dealkylation sites (tertiary alicyclic amines) is 1. The minimum atomic E-state index is -0.966. The normalized spacial score (nSPS) is 24.6. The summed E-state index contributed by atoms with van der Waals surface area (Å²) in [6.45, 7) is 9.20. The van der Waals surface area contributed by atoms with Crippen LogP contribution in [0.5, 0.6) is 5.75 Å². The first-order valence-corrected chi connectivity index (χ1v) is 24.8. The number of fused-ring (bicyclic) bond motifs is 3. The van der Waals surface area contributed by atoms with Gasteiger partial charge in [0.2, 0.25) is 17.7 Å². The predicted molar refractivity (Wildman–Crippen MR) is 260 cm³/mol. The van der Waals surface area contributed by atoms with Gasteiger partial charge >= 0.3 is 0 Å². The van der Waals surface area contributed by atoms with E-state index in [1.54, 1.807) is 12.1 Å². The third-order valence-electron chi connectivity index (χ3n) is 16.0. The summed E-state index contributed by atoms with van der Waals surface area (Å²) in [5, 5.41) is 3.30. The number of rotatable bonds is 10. The third-order valence-corrected chi connectivity index (χ3v) is 16.0. The van der Waals surface area contributed by atoms with Crippen LogP contribution in [-0.2, 0) is 27.3 Å². The largest absolute Gasteiger partial charge is 0.493 e. The first-order valence-electron chi connectivity index (χ1n) is 24.8. The lowest BCUT2D eigenvalue weighted by Crippen LogP contribution is -2.70. The average molecular weight is 938 g/mol. The Labute approximate surface area is 406 Å². The number of carbonyl (C=O) groups is 5. The molecule has 3 aliphatic carbocycles. The number of pyridine rings is 1. The van der Waals surface area contributed by atoms with Crippen LogP contribution in [0.1, 0.15) is 82.5 Å². The number of ether oxygens (including phenoxy) is 1. The van der Waals surface area contributed by atoms with Crippen LogP contribution in [0.2, 0.25) is 0 Å². The fourth-order valence-corrected chi connectivity index (χ4v) is 12.2. The van der Waals surface area contributed by atoms with Gasteiger partial charge in [0.1, 0.15) is 11.8 Å². The molecule has 0 radical (unpaired) electrons. The Morgan fingerprint density at radius 1 is 0.786 bits per heavy atom. The minimum Gasteiger partial charge on any atom is -0.493 e. The van der Waals surface area contributed by atoms with Crippen LogP contribution in [0.3, 0.4) is 0 Å². The number of nitrogens with zero attached hydrogens (tertiary/aromatic N) is 8. The first-order chi connectivity index (χ1) is 34.1. The smallest absolute Gasteiger partial charge is 0.262 e. The van der Waals surface area contributed by atoms with Gasteiger partial charge in [0.05, 0.1) is 47.4 Å². The summed E-state index contributed by atoms with van der Waals surface area (Å²) in [5.41, 5.74) is 6.16. The van der Waals surface area contributed by atoms with Crippen molar-refractivity contribution in [2.75, 3.05) is 70.4 Å². The highest BCUT2D eigenvalue weighted by Gasteiger charge is 2.72. The van der Waals surface area contributed by atoms with E-state index in [0.29, 0.717) is 42.6 Å². The molecule has 8 aliphatic rings. The molecule has 5 aromatic rings. The second-order valence-electron chi connectivity index (χ2n) is 20.7. The van der Waals surface area contributed by atoms with Gasteiger partial charge in [-0.1, -0.05) is 30.0 Å². The Hall–Kier alpha value is -7.02. The zero-order chi connectivity index (χ0) is 47.6. The van der Waals surface area contributed by atoms with E-state index >= 15 is 0 Å². The molecule has 3 aromatic carbocycles. The van der Waals surface area contributed by atoms with Crippen LogP contribution in [0.4, 0.5) is 5.69 Å². The van der Waals surface area contributed by atoms with Crippen LogP contribution in [0, 0.1) is 28.6 Å². The summed E-state index contributed by atoms with van der Waals surface area (Å²) < 4.78 is 6.29. The summed E-state index contributed by atoms with van der Waals surface area (Å²) in [6, 6.07) is 22.6. The molecule has 15 heteroatoms. The van der Waals surface area contributed by atoms with Crippen LogP contribution in [0.25, 0.3) is 22.3 Å². The zero-order valence-corrected chi connectivity index (χ0v) is 39.2. The summed E-state index contributed by atoms with van der Waals surface area (Å²) >= 11 is 0. The quantitative estimate of drug-likeness (QED) is 0.146. The number of aromatic nitrogens is 3. The molecule has 7 heterocycles. The average Bonchev–Trinajstić information content (AvgIpc) is 3.61. The van der Waals surface area contributed by atoms with Crippen molar-refractivity contribution in [1.82, 2.24) is 39.9 Å². The van der Waals surface area contributed by atoms with Gasteiger partial charge in [-0.15, -0.1) is 0 Å². The maximum absolute atomic E-state index is 13.9. The number of amides is 5. The van der Waals surface area contributed by atoms with Gasteiger partial charge in [-0.05, 0) is 124 Å². The Morgan fingerprint density at radius 3 is 2.37 bits per heavy atom. The fourth-order valence-electron chi connectivity index (χ4n) is 12.2. The lowest BCUT2D eigenvalue weighted by Gasteiger charge is -2.69. The number of piperazine rings is 1. The number of imide groups is 2. The Morgan fingerprint density at radius 2 is 1.57 bits per heavy atom. The number of nitrogens with one attached hydrogen (secondary N) is 1. The van der Waals surface area contributed by atoms with E-state index in [2.05, 4.69) is 47.9 Å². The lowest BCUT2D eigenvalue weighted by atomic mass is 9.35. The monoisotopic (exact) mass is 937 g/mol. The van der Waals surface area contributed by atoms with Crippen molar-refractivity contribution in [3.63, 3.8) is 0 Å². The maximum Gasteiger partial charge on any atom is 0.262 e. The molecule has 2 bridgehead atoms. The molecule has 1 unspecified atom stereocenters.